The number of hydrogen-bond acceptors (Lipinski definition) is 3. The van der Waals surface area contributed by atoms with Crippen molar-refractivity contribution in [2.45, 2.75) is 64.3 Å². The third kappa shape index (κ3) is 4.89. The fourth-order valence-corrected chi connectivity index (χ4v) is 3.66. The van der Waals surface area contributed by atoms with Crippen molar-refractivity contribution in [3.05, 3.63) is 34.9 Å². The fraction of sp³-hybridized carbons (Fsp3) is 0.650. The van der Waals surface area contributed by atoms with Crippen LogP contribution in [0, 0.1) is 5.92 Å². The molecule has 1 aromatic rings. The van der Waals surface area contributed by atoms with Gasteiger partial charge in [-0.2, -0.15) is 0 Å². The second-order valence-electron chi connectivity index (χ2n) is 7.28. The minimum Gasteiger partial charge on any atom is -0.400 e. The molecule has 3 nitrogen and oxygen atoms in total. The van der Waals surface area contributed by atoms with Crippen LogP contribution in [-0.2, 0) is 12.8 Å². The van der Waals surface area contributed by atoms with E-state index < -0.39 is 0 Å². The van der Waals surface area contributed by atoms with Gasteiger partial charge in [-0.3, -0.25) is 4.99 Å². The number of nitrogens with zero attached hydrogens (tertiary/aromatic N) is 1. The first-order valence-corrected chi connectivity index (χ1v) is 8.96. The van der Waals surface area contributed by atoms with Crippen LogP contribution in [0.1, 0.15) is 62.1 Å². The summed E-state index contributed by atoms with van der Waals surface area (Å²) in [5.74, 6) is 1.36. The van der Waals surface area contributed by atoms with Gasteiger partial charge in [0.15, 0.2) is 0 Å². The van der Waals surface area contributed by atoms with Gasteiger partial charge in [-0.15, -0.1) is 0 Å². The van der Waals surface area contributed by atoms with Crippen LogP contribution in [0.25, 0.3) is 0 Å². The third-order valence-corrected chi connectivity index (χ3v) is 4.93. The first kappa shape index (κ1) is 18.2. The summed E-state index contributed by atoms with van der Waals surface area (Å²) in [4.78, 5) is 4.79. The van der Waals surface area contributed by atoms with Gasteiger partial charge in [-0.05, 0) is 60.6 Å². The average molecular weight is 316 g/mol. The minimum atomic E-state index is 0.417. The SMILES string of the molecule is CC(C)CN=C1CCc2cc(C3CCC(N)C3)ccc2C1.CO. The highest BCUT2D eigenvalue weighted by atomic mass is 16.2. The first-order chi connectivity index (χ1) is 11.1. The zero-order valence-corrected chi connectivity index (χ0v) is 14.9. The molecule has 0 heterocycles. The van der Waals surface area contributed by atoms with Crippen molar-refractivity contribution >= 4 is 5.71 Å². The summed E-state index contributed by atoms with van der Waals surface area (Å²) >= 11 is 0. The summed E-state index contributed by atoms with van der Waals surface area (Å²) in [5, 5.41) is 7.00. The van der Waals surface area contributed by atoms with E-state index in [0.717, 1.165) is 26.5 Å². The molecule has 3 N–H and O–H groups in total. The van der Waals surface area contributed by atoms with Crippen LogP contribution in [0.2, 0.25) is 0 Å². The van der Waals surface area contributed by atoms with Gasteiger partial charge in [0.25, 0.3) is 0 Å². The number of aryl methyl sites for hydroxylation is 1. The lowest BCUT2D eigenvalue weighted by Gasteiger charge is -2.21. The molecular weight excluding hydrogens is 284 g/mol. The van der Waals surface area contributed by atoms with Crippen molar-refractivity contribution in [3.8, 4) is 0 Å². The maximum atomic E-state index is 7.00. The Hall–Kier alpha value is -1.19. The topological polar surface area (TPSA) is 58.6 Å². The number of rotatable bonds is 3. The van der Waals surface area contributed by atoms with E-state index in [-0.39, 0.29) is 0 Å². The van der Waals surface area contributed by atoms with E-state index in [9.17, 15) is 0 Å². The smallest absolute Gasteiger partial charge is 0.0411 e. The Balaban J connectivity index is 0.000000924. The largest absolute Gasteiger partial charge is 0.400 e. The number of benzene rings is 1. The van der Waals surface area contributed by atoms with Crippen LogP contribution in [-0.4, -0.2) is 30.5 Å². The Morgan fingerprint density at radius 1 is 1.17 bits per heavy atom. The van der Waals surface area contributed by atoms with Crippen molar-refractivity contribution in [3.63, 3.8) is 0 Å². The molecule has 2 unspecified atom stereocenters. The van der Waals surface area contributed by atoms with Crippen LogP contribution in [0.3, 0.4) is 0 Å². The van der Waals surface area contributed by atoms with E-state index in [1.807, 2.05) is 0 Å². The van der Waals surface area contributed by atoms with Crippen molar-refractivity contribution in [2.75, 3.05) is 13.7 Å². The van der Waals surface area contributed by atoms with Crippen LogP contribution in [0.15, 0.2) is 23.2 Å². The lowest BCUT2D eigenvalue weighted by molar-refractivity contribution is 0.399. The third-order valence-electron chi connectivity index (χ3n) is 4.93. The molecule has 128 valence electrons. The predicted molar refractivity (Wildman–Crippen MR) is 98.3 cm³/mol. The highest BCUT2D eigenvalue weighted by molar-refractivity contribution is 5.88. The molecule has 2 aliphatic rings. The van der Waals surface area contributed by atoms with Gasteiger partial charge in [0.05, 0.1) is 0 Å². The van der Waals surface area contributed by atoms with Gasteiger partial charge in [-0.25, -0.2) is 0 Å². The van der Waals surface area contributed by atoms with Crippen molar-refractivity contribution in [1.82, 2.24) is 0 Å². The maximum Gasteiger partial charge on any atom is 0.0411 e. The zero-order chi connectivity index (χ0) is 16.8. The van der Waals surface area contributed by atoms with Crippen LogP contribution >= 0.6 is 0 Å². The molecule has 0 amide bonds. The molecule has 0 aliphatic heterocycles. The number of aliphatic imine (C=N–C) groups is 1. The van der Waals surface area contributed by atoms with Crippen LogP contribution in [0.5, 0.6) is 0 Å². The summed E-state index contributed by atoms with van der Waals surface area (Å²) in [7, 11) is 1.00. The Labute approximate surface area is 141 Å². The van der Waals surface area contributed by atoms with Gasteiger partial charge in [0, 0.05) is 31.8 Å². The summed E-state index contributed by atoms with van der Waals surface area (Å²) < 4.78 is 0. The molecule has 2 atom stereocenters. The number of fused-ring (bicyclic) bond motifs is 1. The molecule has 0 saturated heterocycles. The molecule has 1 fully saturated rings. The Bertz CT molecular complexity index is 536. The lowest BCUT2D eigenvalue weighted by Crippen LogP contribution is -2.16. The van der Waals surface area contributed by atoms with E-state index >= 15 is 0 Å². The molecule has 1 aromatic carbocycles. The van der Waals surface area contributed by atoms with Gasteiger partial charge < -0.3 is 10.8 Å². The van der Waals surface area contributed by atoms with Crippen LogP contribution in [0.4, 0.5) is 0 Å². The average Bonchev–Trinajstić information content (AvgIpc) is 3.00. The van der Waals surface area contributed by atoms with E-state index in [4.69, 9.17) is 15.8 Å². The van der Waals surface area contributed by atoms with Crippen molar-refractivity contribution < 1.29 is 5.11 Å². The summed E-state index contributed by atoms with van der Waals surface area (Å²) in [5.41, 5.74) is 12.0. The highest BCUT2D eigenvalue weighted by Gasteiger charge is 2.24. The molecule has 23 heavy (non-hydrogen) atoms. The molecule has 0 bridgehead atoms. The normalized spacial score (nSPS) is 25.2. The Kier molecular flexibility index (Phi) is 6.79. The van der Waals surface area contributed by atoms with Crippen molar-refractivity contribution in [1.29, 1.82) is 0 Å². The fourth-order valence-electron chi connectivity index (χ4n) is 3.66. The predicted octanol–water partition coefficient (Wildman–Crippen LogP) is 3.48. The van der Waals surface area contributed by atoms with Gasteiger partial charge in [0.2, 0.25) is 0 Å². The number of aliphatic hydroxyl groups excluding tert-OH is 1. The van der Waals surface area contributed by atoms with Gasteiger partial charge in [0.1, 0.15) is 0 Å². The molecule has 3 rings (SSSR count). The quantitative estimate of drug-likeness (QED) is 0.897. The number of hydrogen-bond donors (Lipinski definition) is 2. The summed E-state index contributed by atoms with van der Waals surface area (Å²) in [6.07, 6.45) is 6.99. The summed E-state index contributed by atoms with van der Waals surface area (Å²) in [6, 6.07) is 7.56. The minimum absolute atomic E-state index is 0.417. The van der Waals surface area contributed by atoms with Gasteiger partial charge in [-0.1, -0.05) is 32.0 Å². The molecule has 3 heteroatoms. The molecule has 1 saturated carbocycles. The Morgan fingerprint density at radius 3 is 2.61 bits per heavy atom. The highest BCUT2D eigenvalue weighted by Crippen LogP contribution is 2.35. The molecule has 0 aromatic heterocycles. The molecule has 0 radical (unpaired) electrons. The van der Waals surface area contributed by atoms with E-state index in [0.29, 0.717) is 17.9 Å². The first-order valence-electron chi connectivity index (χ1n) is 8.96. The number of nitrogens with two attached hydrogens (primary N) is 1. The van der Waals surface area contributed by atoms with E-state index in [1.165, 1.54) is 42.5 Å². The zero-order valence-electron chi connectivity index (χ0n) is 14.9. The molecule has 2 aliphatic carbocycles. The molecular formula is C20H32N2O. The second kappa shape index (κ2) is 8.60. The standard InChI is InChI=1S/C19H28N2.CH4O/c1-13(2)12-21-19-8-6-15-9-14(3-4-17(15)11-19)16-5-7-18(20)10-16;1-2/h3-4,9,13,16,18H,5-8,10-12,20H2,1-2H3;2H,1H3. The van der Waals surface area contributed by atoms with Crippen LogP contribution < -0.4 is 5.73 Å². The maximum absolute atomic E-state index is 7.00. The molecule has 0 spiro atoms. The van der Waals surface area contributed by atoms with Crippen molar-refractivity contribution in [2.24, 2.45) is 16.6 Å². The van der Waals surface area contributed by atoms with Gasteiger partial charge >= 0.3 is 0 Å². The Morgan fingerprint density at radius 2 is 1.96 bits per heavy atom. The van der Waals surface area contributed by atoms with E-state index in [2.05, 4.69) is 32.0 Å². The number of aliphatic hydroxyl groups is 1. The summed E-state index contributed by atoms with van der Waals surface area (Å²) in [6.45, 7) is 5.45. The second-order valence-corrected chi connectivity index (χ2v) is 7.28. The monoisotopic (exact) mass is 316 g/mol. The lowest BCUT2D eigenvalue weighted by atomic mass is 9.86. The van der Waals surface area contributed by atoms with E-state index in [1.54, 1.807) is 5.56 Å².